The van der Waals surface area contributed by atoms with Gasteiger partial charge < -0.3 is 24.6 Å². The summed E-state index contributed by atoms with van der Waals surface area (Å²) in [4.78, 5) is 19.1. The summed E-state index contributed by atoms with van der Waals surface area (Å²) in [5.41, 5.74) is 4.19. The first-order valence-corrected chi connectivity index (χ1v) is 13.7. The van der Waals surface area contributed by atoms with Crippen LogP contribution in [0.25, 0.3) is 0 Å². The van der Waals surface area contributed by atoms with Gasteiger partial charge >= 0.3 is 5.97 Å². The summed E-state index contributed by atoms with van der Waals surface area (Å²) in [5.74, 6) is -1.45. The van der Waals surface area contributed by atoms with E-state index in [2.05, 4.69) is 17.4 Å². The molecule has 206 valence electrons. The quantitative estimate of drug-likeness (QED) is 0.398. The molecular weight excluding hydrogens is 489 g/mol. The molecule has 38 heavy (non-hydrogen) atoms. The Morgan fingerprint density at radius 1 is 1.32 bits per heavy atom. The monoisotopic (exact) mass is 527 g/mol. The van der Waals surface area contributed by atoms with Crippen LogP contribution in [0.2, 0.25) is 0 Å². The molecule has 1 unspecified atom stereocenters. The van der Waals surface area contributed by atoms with Crippen LogP contribution in [0, 0.1) is 5.82 Å². The highest BCUT2D eigenvalue weighted by atomic mass is 19.1. The Labute approximate surface area is 223 Å². The molecule has 2 atom stereocenters. The average Bonchev–Trinajstić information content (AvgIpc) is 3.35. The van der Waals surface area contributed by atoms with Gasteiger partial charge in [0.15, 0.2) is 0 Å². The fraction of sp³-hybridized carbons (Fsp3) is 0.586. The fourth-order valence-corrected chi connectivity index (χ4v) is 5.46. The lowest BCUT2D eigenvalue weighted by Gasteiger charge is -2.38. The number of carboxylic acids is 1. The number of nitrogens with one attached hydrogen (secondary N) is 1. The maximum atomic E-state index is 14.2. The van der Waals surface area contributed by atoms with E-state index in [4.69, 9.17) is 19.2 Å². The lowest BCUT2D eigenvalue weighted by Crippen LogP contribution is -2.49. The maximum absolute atomic E-state index is 14.2. The molecule has 1 aromatic heterocycles. The Morgan fingerprint density at radius 2 is 2.18 bits per heavy atom. The second-order valence-corrected chi connectivity index (χ2v) is 10.9. The number of aryl methyl sites for hydroxylation is 2. The minimum atomic E-state index is -0.997. The van der Waals surface area contributed by atoms with Crippen LogP contribution in [0.1, 0.15) is 61.2 Å². The molecule has 2 fully saturated rings. The number of pyridine rings is 1. The number of aliphatic carboxylic acids is 1. The number of rotatable bonds is 12. The summed E-state index contributed by atoms with van der Waals surface area (Å²) in [6, 6.07) is 7.60. The minimum Gasteiger partial charge on any atom is -0.480 e. The third kappa shape index (κ3) is 6.51. The van der Waals surface area contributed by atoms with Crippen molar-refractivity contribution in [2.75, 3.05) is 44.8 Å². The Kier molecular flexibility index (Phi) is 8.57. The lowest BCUT2D eigenvalue weighted by molar-refractivity contribution is -0.204. The average molecular weight is 528 g/mol. The summed E-state index contributed by atoms with van der Waals surface area (Å²) in [6.45, 7) is 5.89. The van der Waals surface area contributed by atoms with Gasteiger partial charge in [-0.05, 0) is 80.8 Å². The van der Waals surface area contributed by atoms with E-state index >= 15 is 0 Å². The number of carboxylic acid groups (broad SMARTS) is 1. The molecule has 0 radical (unpaired) electrons. The highest BCUT2D eigenvalue weighted by Crippen LogP contribution is 2.32. The molecule has 9 heteroatoms. The van der Waals surface area contributed by atoms with Gasteiger partial charge in [0.2, 0.25) is 0 Å². The minimum absolute atomic E-state index is 0.0379. The first kappa shape index (κ1) is 27.0. The van der Waals surface area contributed by atoms with Crippen LogP contribution < -0.4 is 5.32 Å². The van der Waals surface area contributed by atoms with E-state index in [0.29, 0.717) is 44.0 Å². The number of halogens is 1. The first-order chi connectivity index (χ1) is 18.4. The summed E-state index contributed by atoms with van der Waals surface area (Å²) >= 11 is 0. The lowest BCUT2D eigenvalue weighted by atomic mass is 9.98. The SMILES string of the molecule is CC1(OCc2ccc(F)cc2C(C(=O)O)N2CC[C@@H](OCCCCc3ccc4c(n3)CCCN4)C2)COC1. The Balaban J connectivity index is 1.11. The van der Waals surface area contributed by atoms with Crippen molar-refractivity contribution in [2.24, 2.45) is 0 Å². The zero-order chi connectivity index (χ0) is 26.5. The van der Waals surface area contributed by atoms with Crippen molar-refractivity contribution in [3.63, 3.8) is 0 Å². The molecule has 2 saturated heterocycles. The Bertz CT molecular complexity index is 1130. The molecule has 0 aliphatic carbocycles. The van der Waals surface area contributed by atoms with Crippen molar-refractivity contribution >= 4 is 11.7 Å². The number of aromatic nitrogens is 1. The zero-order valence-corrected chi connectivity index (χ0v) is 22.1. The highest BCUT2D eigenvalue weighted by Gasteiger charge is 2.37. The smallest absolute Gasteiger partial charge is 0.325 e. The molecule has 1 aromatic carbocycles. The molecule has 2 aromatic rings. The first-order valence-electron chi connectivity index (χ1n) is 13.7. The zero-order valence-electron chi connectivity index (χ0n) is 22.1. The second kappa shape index (κ2) is 12.1. The summed E-state index contributed by atoms with van der Waals surface area (Å²) in [5, 5.41) is 13.5. The van der Waals surface area contributed by atoms with E-state index in [0.717, 1.165) is 56.5 Å². The van der Waals surface area contributed by atoms with E-state index in [9.17, 15) is 14.3 Å². The van der Waals surface area contributed by atoms with Gasteiger partial charge in [0.05, 0.1) is 37.3 Å². The summed E-state index contributed by atoms with van der Waals surface area (Å²) in [7, 11) is 0. The van der Waals surface area contributed by atoms with Gasteiger partial charge in [-0.1, -0.05) is 6.07 Å². The maximum Gasteiger partial charge on any atom is 0.325 e. The molecule has 2 N–H and O–H groups in total. The molecule has 0 spiro atoms. The number of hydrogen-bond donors (Lipinski definition) is 2. The molecule has 3 aliphatic rings. The van der Waals surface area contributed by atoms with Crippen molar-refractivity contribution in [3.05, 3.63) is 58.7 Å². The number of hydrogen-bond acceptors (Lipinski definition) is 7. The number of unbranched alkanes of at least 4 members (excludes halogenated alkanes) is 1. The molecule has 8 nitrogen and oxygen atoms in total. The van der Waals surface area contributed by atoms with Crippen molar-refractivity contribution < 1.29 is 28.5 Å². The van der Waals surface area contributed by atoms with Crippen LogP contribution >= 0.6 is 0 Å². The summed E-state index contributed by atoms with van der Waals surface area (Å²) in [6.07, 6.45) is 5.70. The topological polar surface area (TPSA) is 93.2 Å². The number of nitrogens with zero attached hydrogens (tertiary/aromatic N) is 2. The van der Waals surface area contributed by atoms with E-state index in [-0.39, 0.29) is 18.3 Å². The van der Waals surface area contributed by atoms with Gasteiger partial charge in [-0.15, -0.1) is 0 Å². The van der Waals surface area contributed by atoms with Gasteiger partial charge in [0, 0.05) is 31.9 Å². The van der Waals surface area contributed by atoms with Crippen LogP contribution in [0.3, 0.4) is 0 Å². The second-order valence-electron chi connectivity index (χ2n) is 10.9. The Morgan fingerprint density at radius 3 is 2.97 bits per heavy atom. The predicted octanol–water partition coefficient (Wildman–Crippen LogP) is 4.12. The molecule has 5 rings (SSSR count). The molecule has 3 aliphatic heterocycles. The van der Waals surface area contributed by atoms with Gasteiger partial charge in [-0.2, -0.15) is 0 Å². The summed E-state index contributed by atoms with van der Waals surface area (Å²) < 4.78 is 31.6. The van der Waals surface area contributed by atoms with Gasteiger partial charge in [0.1, 0.15) is 17.5 Å². The van der Waals surface area contributed by atoms with Crippen LogP contribution in [0.4, 0.5) is 10.1 Å². The van der Waals surface area contributed by atoms with Crippen molar-refractivity contribution in [1.82, 2.24) is 9.88 Å². The number of ether oxygens (including phenoxy) is 3. The van der Waals surface area contributed by atoms with E-state index in [1.165, 1.54) is 17.8 Å². The van der Waals surface area contributed by atoms with Crippen LogP contribution in [0.5, 0.6) is 0 Å². The van der Waals surface area contributed by atoms with E-state index < -0.39 is 17.8 Å². The third-order valence-corrected chi connectivity index (χ3v) is 7.69. The predicted molar refractivity (Wildman–Crippen MR) is 141 cm³/mol. The van der Waals surface area contributed by atoms with Crippen molar-refractivity contribution in [3.8, 4) is 0 Å². The largest absolute Gasteiger partial charge is 0.480 e. The molecule has 0 bridgehead atoms. The third-order valence-electron chi connectivity index (χ3n) is 7.69. The Hall–Kier alpha value is -2.59. The molecule has 0 saturated carbocycles. The molecule has 0 amide bonds. The van der Waals surface area contributed by atoms with Gasteiger partial charge in [-0.3, -0.25) is 14.7 Å². The van der Waals surface area contributed by atoms with Crippen molar-refractivity contribution in [2.45, 2.75) is 69.8 Å². The van der Waals surface area contributed by atoms with Crippen LogP contribution in [-0.4, -0.2) is 72.1 Å². The highest BCUT2D eigenvalue weighted by molar-refractivity contribution is 5.76. The van der Waals surface area contributed by atoms with Crippen molar-refractivity contribution in [1.29, 1.82) is 0 Å². The standard InChI is InChI=1S/C29H38FN3O5/c1-29(18-36-19-29)38-17-20-7-8-21(30)15-24(20)27(28(34)35)33-13-11-23(16-33)37-14-3-2-5-22-9-10-25-26(32-22)6-4-12-31-25/h7-10,15,23,27,31H,2-6,11-14,16-19H2,1H3,(H,34,35)/t23-,27?/m1/s1. The van der Waals surface area contributed by atoms with Gasteiger partial charge in [-0.25, -0.2) is 4.39 Å². The molecule has 4 heterocycles. The number of benzene rings is 1. The number of carbonyl (C=O) groups is 1. The van der Waals surface area contributed by atoms with Crippen LogP contribution in [0.15, 0.2) is 30.3 Å². The number of fused-ring (bicyclic) bond motifs is 1. The number of anilines is 1. The van der Waals surface area contributed by atoms with Gasteiger partial charge in [0.25, 0.3) is 0 Å². The molecular formula is C29H38FN3O5. The number of likely N-dealkylation sites (tertiary alicyclic amines) is 1. The normalized spacial score (nSPS) is 21.4. The van der Waals surface area contributed by atoms with E-state index in [1.54, 1.807) is 6.07 Å². The fourth-order valence-electron chi connectivity index (χ4n) is 5.46. The van der Waals surface area contributed by atoms with Crippen LogP contribution in [-0.2, 0) is 38.5 Å². The van der Waals surface area contributed by atoms with E-state index in [1.807, 2.05) is 11.8 Å².